The van der Waals surface area contributed by atoms with E-state index in [0.717, 1.165) is 17.6 Å². The SMILES string of the molecule is C1CCC(NC2CCCCC2)CC1.O=C(NC(CCCCO)C(=O)O)OCc1ccccc1. The van der Waals surface area contributed by atoms with Gasteiger partial charge in [-0.1, -0.05) is 68.9 Å². The van der Waals surface area contributed by atoms with Gasteiger partial charge in [-0.2, -0.15) is 0 Å². The predicted octanol–water partition coefficient (Wildman–Crippen LogP) is 4.77. The summed E-state index contributed by atoms with van der Waals surface area (Å²) in [6.45, 7) is 0.0977. The summed E-state index contributed by atoms with van der Waals surface area (Å²) in [4.78, 5) is 22.5. The van der Waals surface area contributed by atoms with Crippen LogP contribution >= 0.6 is 0 Å². The van der Waals surface area contributed by atoms with Crippen molar-refractivity contribution in [3.63, 3.8) is 0 Å². The molecule has 1 aromatic rings. The second-order valence-electron chi connectivity index (χ2n) is 9.15. The third-order valence-electron chi connectivity index (χ3n) is 6.39. The number of hydrogen-bond acceptors (Lipinski definition) is 5. The van der Waals surface area contributed by atoms with Gasteiger partial charge in [0.05, 0.1) is 0 Å². The molecule has 3 rings (SSSR count). The smallest absolute Gasteiger partial charge is 0.408 e. The number of carbonyl (C=O) groups excluding carboxylic acids is 1. The molecule has 1 amide bonds. The first kappa shape index (κ1) is 27.1. The molecular formula is C26H42N2O5. The topological polar surface area (TPSA) is 108 Å². The maximum atomic E-state index is 11.5. The van der Waals surface area contributed by atoms with Crippen LogP contribution in [0, 0.1) is 0 Å². The van der Waals surface area contributed by atoms with E-state index in [0.29, 0.717) is 12.8 Å². The van der Waals surface area contributed by atoms with Crippen LogP contribution in [0.2, 0.25) is 0 Å². The zero-order chi connectivity index (χ0) is 23.7. The molecule has 0 heterocycles. The molecule has 7 nitrogen and oxygen atoms in total. The zero-order valence-electron chi connectivity index (χ0n) is 19.8. The van der Waals surface area contributed by atoms with Gasteiger partial charge in [0.15, 0.2) is 0 Å². The second-order valence-corrected chi connectivity index (χ2v) is 9.15. The van der Waals surface area contributed by atoms with E-state index in [-0.39, 0.29) is 19.6 Å². The molecule has 0 radical (unpaired) electrons. The number of carboxylic acid groups (broad SMARTS) is 1. The van der Waals surface area contributed by atoms with Gasteiger partial charge in [-0.3, -0.25) is 0 Å². The Balaban J connectivity index is 0.000000254. The van der Waals surface area contributed by atoms with Gasteiger partial charge < -0.3 is 25.6 Å². The number of aliphatic hydroxyl groups excluding tert-OH is 1. The van der Waals surface area contributed by atoms with E-state index >= 15 is 0 Å². The number of nitrogens with one attached hydrogen (secondary N) is 2. The van der Waals surface area contributed by atoms with Gasteiger partial charge in [-0.25, -0.2) is 9.59 Å². The number of aliphatic carboxylic acids is 1. The lowest BCUT2D eigenvalue weighted by atomic mass is 9.91. The van der Waals surface area contributed by atoms with Gasteiger partial charge >= 0.3 is 12.1 Å². The van der Waals surface area contributed by atoms with Crippen LogP contribution in [0.15, 0.2) is 30.3 Å². The van der Waals surface area contributed by atoms with E-state index in [4.69, 9.17) is 14.9 Å². The maximum Gasteiger partial charge on any atom is 0.408 e. The van der Waals surface area contributed by atoms with E-state index in [1.807, 2.05) is 30.3 Å². The molecule has 33 heavy (non-hydrogen) atoms. The summed E-state index contributed by atoms with van der Waals surface area (Å²) in [5.74, 6) is -1.11. The first-order valence-electron chi connectivity index (χ1n) is 12.7. The van der Waals surface area contributed by atoms with Crippen LogP contribution in [0.1, 0.15) is 89.0 Å². The fraction of sp³-hybridized carbons (Fsp3) is 0.692. The van der Waals surface area contributed by atoms with E-state index in [1.165, 1.54) is 64.2 Å². The standard InChI is InChI=1S/C14H19NO5.C12H23N/c16-9-5-4-8-12(13(17)18)15-14(19)20-10-11-6-2-1-3-7-11;1-3-7-11(8-4-1)13-12-9-5-2-6-10-12/h1-3,6-7,12,16H,4-5,8-10H2,(H,15,19)(H,17,18);11-13H,1-10H2. The summed E-state index contributed by atoms with van der Waals surface area (Å²) in [5, 5.41) is 23.8. The summed E-state index contributed by atoms with van der Waals surface area (Å²) in [5.41, 5.74) is 0.829. The molecule has 1 unspecified atom stereocenters. The molecule has 0 aromatic heterocycles. The van der Waals surface area contributed by atoms with E-state index < -0.39 is 18.1 Å². The highest BCUT2D eigenvalue weighted by atomic mass is 16.5. The maximum absolute atomic E-state index is 11.5. The zero-order valence-corrected chi connectivity index (χ0v) is 19.8. The summed E-state index contributed by atoms with van der Waals surface area (Å²) in [6, 6.07) is 9.87. The van der Waals surface area contributed by atoms with E-state index in [1.54, 1.807) is 0 Å². The number of alkyl carbamates (subject to hydrolysis) is 1. The molecule has 4 N–H and O–H groups in total. The number of ether oxygens (including phenoxy) is 1. The molecule has 186 valence electrons. The Hall–Kier alpha value is -2.12. The Morgan fingerprint density at radius 2 is 1.48 bits per heavy atom. The summed E-state index contributed by atoms with van der Waals surface area (Å²) in [7, 11) is 0. The summed E-state index contributed by atoms with van der Waals surface area (Å²) < 4.78 is 4.95. The highest BCUT2D eigenvalue weighted by Gasteiger charge is 2.20. The van der Waals surface area contributed by atoms with Crippen LogP contribution in [0.3, 0.4) is 0 Å². The Kier molecular flexibility index (Phi) is 13.6. The highest BCUT2D eigenvalue weighted by molar-refractivity contribution is 5.79. The van der Waals surface area contributed by atoms with E-state index in [2.05, 4.69) is 10.6 Å². The molecule has 0 bridgehead atoms. The highest BCUT2D eigenvalue weighted by Crippen LogP contribution is 2.22. The molecule has 0 aliphatic heterocycles. The Labute approximate surface area is 198 Å². The van der Waals surface area contributed by atoms with Crippen molar-refractivity contribution in [2.24, 2.45) is 0 Å². The molecule has 0 saturated heterocycles. The van der Waals surface area contributed by atoms with Crippen molar-refractivity contribution in [2.45, 2.75) is 108 Å². The second kappa shape index (κ2) is 16.5. The number of benzene rings is 1. The number of aliphatic hydroxyl groups is 1. The van der Waals surface area contributed by atoms with Crippen molar-refractivity contribution >= 4 is 12.1 Å². The Bertz CT molecular complexity index is 642. The van der Waals surface area contributed by atoms with Crippen LogP contribution in [0.25, 0.3) is 0 Å². The van der Waals surface area contributed by atoms with Crippen molar-refractivity contribution in [2.75, 3.05) is 6.61 Å². The van der Waals surface area contributed by atoms with Gasteiger partial charge in [0.2, 0.25) is 0 Å². The fourth-order valence-electron chi connectivity index (χ4n) is 4.50. The number of hydrogen-bond donors (Lipinski definition) is 4. The average molecular weight is 463 g/mol. The van der Waals surface area contributed by atoms with Gasteiger partial charge in [-0.15, -0.1) is 0 Å². The summed E-state index contributed by atoms with van der Waals surface area (Å²) >= 11 is 0. The minimum Gasteiger partial charge on any atom is -0.480 e. The molecule has 1 atom stereocenters. The third-order valence-corrected chi connectivity index (χ3v) is 6.39. The molecule has 2 aliphatic carbocycles. The molecule has 1 aromatic carbocycles. The van der Waals surface area contributed by atoms with Crippen LogP contribution in [-0.2, 0) is 16.1 Å². The number of rotatable bonds is 10. The lowest BCUT2D eigenvalue weighted by Gasteiger charge is -2.30. The van der Waals surface area contributed by atoms with Gasteiger partial charge in [-0.05, 0) is 50.5 Å². The first-order valence-corrected chi connectivity index (χ1v) is 12.7. The number of unbranched alkanes of at least 4 members (excludes halogenated alkanes) is 1. The molecular weight excluding hydrogens is 420 g/mol. The van der Waals surface area contributed by atoms with Crippen LogP contribution in [-0.4, -0.2) is 47.0 Å². The quantitative estimate of drug-likeness (QED) is 0.373. The summed E-state index contributed by atoms with van der Waals surface area (Å²) in [6.07, 6.45) is 15.1. The number of carboxylic acids is 1. The monoisotopic (exact) mass is 462 g/mol. The fourth-order valence-corrected chi connectivity index (χ4v) is 4.50. The first-order chi connectivity index (χ1) is 16.1. The molecule has 0 spiro atoms. The van der Waals surface area contributed by atoms with Crippen molar-refractivity contribution in [1.29, 1.82) is 0 Å². The van der Waals surface area contributed by atoms with E-state index in [9.17, 15) is 9.59 Å². The molecule has 7 heteroatoms. The molecule has 2 fully saturated rings. The minimum atomic E-state index is -1.11. The average Bonchev–Trinajstić information content (AvgIpc) is 2.84. The predicted molar refractivity (Wildman–Crippen MR) is 129 cm³/mol. The number of amides is 1. The van der Waals surface area contributed by atoms with Crippen molar-refractivity contribution in [3.8, 4) is 0 Å². The largest absolute Gasteiger partial charge is 0.480 e. The number of carbonyl (C=O) groups is 2. The molecule has 2 aliphatic rings. The lowest BCUT2D eigenvalue weighted by Crippen LogP contribution is -2.41. The van der Waals surface area contributed by atoms with Crippen molar-refractivity contribution < 1.29 is 24.5 Å². The van der Waals surface area contributed by atoms with Gasteiger partial charge in [0.25, 0.3) is 0 Å². The van der Waals surface area contributed by atoms with Gasteiger partial charge in [0.1, 0.15) is 12.6 Å². The Morgan fingerprint density at radius 1 is 0.909 bits per heavy atom. The lowest BCUT2D eigenvalue weighted by molar-refractivity contribution is -0.139. The Morgan fingerprint density at radius 3 is 2.00 bits per heavy atom. The third kappa shape index (κ3) is 12.1. The normalized spacial score (nSPS) is 18.0. The van der Waals surface area contributed by atoms with Crippen molar-refractivity contribution in [1.82, 2.24) is 10.6 Å². The van der Waals surface area contributed by atoms with Crippen LogP contribution < -0.4 is 10.6 Å². The van der Waals surface area contributed by atoms with Crippen molar-refractivity contribution in [3.05, 3.63) is 35.9 Å². The van der Waals surface area contributed by atoms with Gasteiger partial charge in [0, 0.05) is 18.7 Å². The minimum absolute atomic E-state index is 0.00475. The van der Waals surface area contributed by atoms with Crippen LogP contribution in [0.5, 0.6) is 0 Å². The van der Waals surface area contributed by atoms with Crippen LogP contribution in [0.4, 0.5) is 4.79 Å². The molecule has 2 saturated carbocycles.